The van der Waals surface area contributed by atoms with Gasteiger partial charge in [-0.2, -0.15) is 0 Å². The van der Waals surface area contributed by atoms with Gasteiger partial charge in [-0.15, -0.1) is 0 Å². The fraction of sp³-hybridized carbons (Fsp3) is 0.571. The van der Waals surface area contributed by atoms with Gasteiger partial charge in [0, 0.05) is 24.1 Å². The number of aliphatic hydroxyl groups excluding tert-OH is 1. The molecular weight excluding hydrogens is 313 g/mol. The molecule has 0 bridgehead atoms. The Bertz CT molecular complexity index is 453. The monoisotopic (exact) mass is 331 g/mol. The van der Waals surface area contributed by atoms with Crippen LogP contribution in [0.15, 0.2) is 22.7 Å². The first-order valence-electron chi connectivity index (χ1n) is 6.34. The van der Waals surface area contributed by atoms with Crippen LogP contribution < -0.4 is 0 Å². The summed E-state index contributed by atoms with van der Waals surface area (Å²) < 4.78 is 20.0. The predicted octanol–water partition coefficient (Wildman–Crippen LogP) is 2.56. The molecule has 0 aromatic heterocycles. The fourth-order valence-electron chi connectivity index (χ4n) is 2.54. The first-order chi connectivity index (χ1) is 8.89. The molecule has 19 heavy (non-hydrogen) atoms. The number of rotatable bonds is 3. The largest absolute Gasteiger partial charge is 0.394 e. The highest BCUT2D eigenvalue weighted by Gasteiger charge is 2.33. The number of aliphatic hydroxyl groups is 1. The number of hydrogen-bond acceptors (Lipinski definition) is 3. The minimum Gasteiger partial charge on any atom is -0.394 e. The van der Waals surface area contributed by atoms with Gasteiger partial charge in [0.05, 0.1) is 18.3 Å². The van der Waals surface area contributed by atoms with E-state index in [9.17, 15) is 9.50 Å². The number of morpholine rings is 1. The molecule has 1 N–H and O–H groups in total. The van der Waals surface area contributed by atoms with Crippen molar-refractivity contribution >= 4 is 15.9 Å². The molecule has 5 heteroatoms. The average molecular weight is 332 g/mol. The van der Waals surface area contributed by atoms with Crippen molar-refractivity contribution in [1.82, 2.24) is 4.90 Å². The third-order valence-electron chi connectivity index (χ3n) is 3.16. The zero-order valence-corrected chi connectivity index (χ0v) is 12.8. The molecular formula is C14H19BrFNO2. The summed E-state index contributed by atoms with van der Waals surface area (Å²) in [6, 6.07) is 4.70. The lowest BCUT2D eigenvalue weighted by molar-refractivity contribution is -0.150. The highest BCUT2D eigenvalue weighted by molar-refractivity contribution is 9.10. The summed E-state index contributed by atoms with van der Waals surface area (Å²) in [4.78, 5) is 2.18. The van der Waals surface area contributed by atoms with E-state index in [0.29, 0.717) is 13.1 Å². The molecule has 106 valence electrons. The van der Waals surface area contributed by atoms with E-state index in [0.717, 1.165) is 16.6 Å². The zero-order valence-electron chi connectivity index (χ0n) is 11.2. The summed E-state index contributed by atoms with van der Waals surface area (Å²) in [6.07, 6.45) is -0.184. The van der Waals surface area contributed by atoms with Crippen molar-refractivity contribution in [3.8, 4) is 0 Å². The predicted molar refractivity (Wildman–Crippen MR) is 75.4 cm³/mol. The highest BCUT2D eigenvalue weighted by Crippen LogP contribution is 2.25. The van der Waals surface area contributed by atoms with E-state index in [1.54, 1.807) is 12.1 Å². The number of halogens is 2. The van der Waals surface area contributed by atoms with Crippen LogP contribution in [-0.2, 0) is 11.3 Å². The number of benzene rings is 1. The fourth-order valence-corrected chi connectivity index (χ4v) is 2.91. The van der Waals surface area contributed by atoms with E-state index < -0.39 is 0 Å². The first kappa shape index (κ1) is 14.9. The molecule has 0 radical (unpaired) electrons. The molecule has 0 aliphatic carbocycles. The molecule has 3 nitrogen and oxygen atoms in total. The molecule has 1 atom stereocenters. The molecule has 1 heterocycles. The molecule has 1 saturated heterocycles. The molecule has 1 fully saturated rings. The van der Waals surface area contributed by atoms with Gasteiger partial charge in [-0.3, -0.25) is 4.90 Å². The maximum absolute atomic E-state index is 13.3. The maximum Gasteiger partial charge on any atom is 0.123 e. The molecule has 1 aliphatic rings. The van der Waals surface area contributed by atoms with Gasteiger partial charge in [0.15, 0.2) is 0 Å². The normalized spacial score (nSPS) is 23.5. The van der Waals surface area contributed by atoms with Crippen LogP contribution in [-0.4, -0.2) is 41.4 Å². The summed E-state index contributed by atoms with van der Waals surface area (Å²) >= 11 is 3.44. The Morgan fingerprint density at radius 3 is 2.95 bits per heavy atom. The molecule has 0 spiro atoms. The van der Waals surface area contributed by atoms with Crippen LogP contribution in [0.2, 0.25) is 0 Å². The standard InChI is InChI=1S/C14H19BrFNO2/c1-14(2)9-17(7-12(8-18)19-14)6-10-5-11(16)3-4-13(10)15/h3-5,12,18H,6-9H2,1-2H3. The number of hydrogen-bond donors (Lipinski definition) is 1. The van der Waals surface area contributed by atoms with Crippen LogP contribution >= 0.6 is 15.9 Å². The Morgan fingerprint density at radius 1 is 1.53 bits per heavy atom. The third-order valence-corrected chi connectivity index (χ3v) is 3.93. The minimum atomic E-state index is -0.300. The molecule has 0 amide bonds. The Labute approximate surface area is 121 Å². The third kappa shape index (κ3) is 3.99. The van der Waals surface area contributed by atoms with Gasteiger partial charge in [0.25, 0.3) is 0 Å². The topological polar surface area (TPSA) is 32.7 Å². The van der Waals surface area contributed by atoms with Gasteiger partial charge in [0.1, 0.15) is 5.82 Å². The SMILES string of the molecule is CC1(C)CN(Cc2cc(F)ccc2Br)CC(CO)O1. The van der Waals surface area contributed by atoms with Crippen molar-refractivity contribution in [2.45, 2.75) is 32.1 Å². The van der Waals surface area contributed by atoms with E-state index in [4.69, 9.17) is 4.74 Å². The van der Waals surface area contributed by atoms with Crippen molar-refractivity contribution in [1.29, 1.82) is 0 Å². The Morgan fingerprint density at radius 2 is 2.26 bits per heavy atom. The van der Waals surface area contributed by atoms with Gasteiger partial charge >= 0.3 is 0 Å². The van der Waals surface area contributed by atoms with Gasteiger partial charge in [-0.25, -0.2) is 4.39 Å². The second-order valence-corrected chi connectivity index (χ2v) is 6.44. The van der Waals surface area contributed by atoms with Crippen molar-refractivity contribution in [2.24, 2.45) is 0 Å². The Hall–Kier alpha value is -0.490. The second kappa shape index (κ2) is 5.87. The lowest BCUT2D eigenvalue weighted by Crippen LogP contribution is -2.53. The lowest BCUT2D eigenvalue weighted by Gasteiger charge is -2.42. The van der Waals surface area contributed by atoms with Crippen LogP contribution in [0.4, 0.5) is 4.39 Å². The van der Waals surface area contributed by atoms with Crippen molar-refractivity contribution in [3.63, 3.8) is 0 Å². The van der Waals surface area contributed by atoms with E-state index >= 15 is 0 Å². The van der Waals surface area contributed by atoms with Gasteiger partial charge in [0.2, 0.25) is 0 Å². The number of ether oxygens (including phenoxy) is 1. The number of nitrogens with zero attached hydrogens (tertiary/aromatic N) is 1. The lowest BCUT2D eigenvalue weighted by atomic mass is 10.0. The molecule has 2 rings (SSSR count). The van der Waals surface area contributed by atoms with Crippen LogP contribution in [0, 0.1) is 5.82 Å². The van der Waals surface area contributed by atoms with Gasteiger partial charge in [-0.1, -0.05) is 15.9 Å². The van der Waals surface area contributed by atoms with Crippen LogP contribution in [0.5, 0.6) is 0 Å². The van der Waals surface area contributed by atoms with Crippen molar-refractivity contribution in [2.75, 3.05) is 19.7 Å². The van der Waals surface area contributed by atoms with Crippen molar-refractivity contribution in [3.05, 3.63) is 34.1 Å². The average Bonchev–Trinajstić information content (AvgIpc) is 2.32. The summed E-state index contributed by atoms with van der Waals surface area (Å²) in [5.41, 5.74) is 0.611. The molecule has 0 saturated carbocycles. The summed E-state index contributed by atoms with van der Waals surface area (Å²) in [6.45, 7) is 6.06. The van der Waals surface area contributed by atoms with Crippen LogP contribution in [0.3, 0.4) is 0 Å². The molecule has 1 aliphatic heterocycles. The van der Waals surface area contributed by atoms with E-state index in [1.807, 2.05) is 13.8 Å². The second-order valence-electron chi connectivity index (χ2n) is 5.59. The van der Waals surface area contributed by atoms with E-state index in [-0.39, 0.29) is 24.1 Å². The quantitative estimate of drug-likeness (QED) is 0.923. The summed E-state index contributed by atoms with van der Waals surface area (Å²) in [5.74, 6) is -0.232. The van der Waals surface area contributed by atoms with Gasteiger partial charge < -0.3 is 9.84 Å². The molecule has 1 aromatic rings. The Kier molecular flexibility index (Phi) is 4.61. The van der Waals surface area contributed by atoms with E-state index in [1.165, 1.54) is 6.07 Å². The minimum absolute atomic E-state index is 0.00422. The Balaban J connectivity index is 2.11. The zero-order chi connectivity index (χ0) is 14.0. The molecule has 1 aromatic carbocycles. The summed E-state index contributed by atoms with van der Waals surface area (Å²) in [7, 11) is 0. The van der Waals surface area contributed by atoms with Gasteiger partial charge in [-0.05, 0) is 37.6 Å². The summed E-state index contributed by atoms with van der Waals surface area (Å²) in [5, 5.41) is 9.28. The smallest absolute Gasteiger partial charge is 0.123 e. The van der Waals surface area contributed by atoms with E-state index in [2.05, 4.69) is 20.8 Å². The first-order valence-corrected chi connectivity index (χ1v) is 7.14. The van der Waals surface area contributed by atoms with Crippen LogP contribution in [0.25, 0.3) is 0 Å². The van der Waals surface area contributed by atoms with Crippen LogP contribution in [0.1, 0.15) is 19.4 Å². The maximum atomic E-state index is 13.3. The highest BCUT2D eigenvalue weighted by atomic mass is 79.9. The van der Waals surface area contributed by atoms with Crippen molar-refractivity contribution < 1.29 is 14.2 Å². The molecule has 1 unspecified atom stereocenters.